The van der Waals surface area contributed by atoms with E-state index < -0.39 is 0 Å². The molecule has 0 aliphatic heterocycles. The lowest BCUT2D eigenvalue weighted by atomic mass is 10.2. The molecule has 1 aromatic heterocycles. The van der Waals surface area contributed by atoms with Gasteiger partial charge in [0.15, 0.2) is 0 Å². The predicted octanol–water partition coefficient (Wildman–Crippen LogP) is 4.06. The predicted molar refractivity (Wildman–Crippen MR) is 77.1 cm³/mol. The normalized spacial score (nSPS) is 21.5. The van der Waals surface area contributed by atoms with Crippen molar-refractivity contribution in [3.8, 4) is 0 Å². The van der Waals surface area contributed by atoms with Gasteiger partial charge >= 0.3 is 0 Å². The van der Waals surface area contributed by atoms with Crippen LogP contribution in [0.3, 0.4) is 0 Å². The molecule has 0 N–H and O–H groups in total. The first-order chi connectivity index (χ1) is 8.76. The molecule has 1 unspecified atom stereocenters. The van der Waals surface area contributed by atoms with E-state index in [0.717, 1.165) is 17.5 Å². The molecule has 1 heterocycles. The number of hydrogen-bond acceptors (Lipinski definition) is 3. The average Bonchev–Trinajstić information content (AvgIpc) is 3.29. The van der Waals surface area contributed by atoms with Gasteiger partial charge in [0.05, 0.1) is 17.6 Å². The average molecular weight is 285 g/mol. The molecule has 0 spiro atoms. The molecule has 4 heteroatoms. The van der Waals surface area contributed by atoms with Gasteiger partial charge in [0.2, 0.25) is 0 Å². The summed E-state index contributed by atoms with van der Waals surface area (Å²) in [4.78, 5) is 7.31. The van der Waals surface area contributed by atoms with Crippen LogP contribution < -0.4 is 0 Å². The summed E-state index contributed by atoms with van der Waals surface area (Å²) in [5.41, 5.74) is 1.03. The highest BCUT2D eigenvalue weighted by Crippen LogP contribution is 2.37. The zero-order chi connectivity index (χ0) is 12.5. The Morgan fingerprint density at radius 2 is 1.94 bits per heavy atom. The maximum Gasteiger partial charge on any atom is 0.110 e. The van der Waals surface area contributed by atoms with E-state index in [1.807, 2.05) is 0 Å². The molecule has 2 nitrogen and oxygen atoms in total. The van der Waals surface area contributed by atoms with Gasteiger partial charge in [-0.3, -0.25) is 4.90 Å². The van der Waals surface area contributed by atoms with Gasteiger partial charge in [0, 0.05) is 18.5 Å². The summed E-state index contributed by atoms with van der Waals surface area (Å²) in [6, 6.07) is 0.466. The number of thiazole rings is 1. The Morgan fingerprint density at radius 3 is 2.39 bits per heavy atom. The Kier molecular flexibility index (Phi) is 3.92. The lowest BCUT2D eigenvalue weighted by molar-refractivity contribution is 0.192. The molecule has 1 atom stereocenters. The van der Waals surface area contributed by atoms with E-state index in [1.165, 1.54) is 43.8 Å². The third-order valence-corrected chi connectivity index (χ3v) is 5.33. The lowest BCUT2D eigenvalue weighted by Gasteiger charge is -2.27. The van der Waals surface area contributed by atoms with Crippen LogP contribution in [0.2, 0.25) is 0 Å². The van der Waals surface area contributed by atoms with Crippen molar-refractivity contribution < 1.29 is 0 Å². The van der Waals surface area contributed by atoms with E-state index in [2.05, 4.69) is 22.2 Å². The van der Waals surface area contributed by atoms with Crippen LogP contribution >= 0.6 is 22.9 Å². The number of halogens is 1. The summed E-state index contributed by atoms with van der Waals surface area (Å²) in [5, 5.41) is 3.34. The van der Waals surface area contributed by atoms with E-state index in [0.29, 0.717) is 11.9 Å². The summed E-state index contributed by atoms with van der Waals surface area (Å²) in [6.45, 7) is 4.85. The van der Waals surface area contributed by atoms with Gasteiger partial charge in [0.1, 0.15) is 5.01 Å². The number of rotatable bonds is 7. The molecule has 18 heavy (non-hydrogen) atoms. The second kappa shape index (κ2) is 5.48. The smallest absolute Gasteiger partial charge is 0.110 e. The summed E-state index contributed by atoms with van der Waals surface area (Å²) < 4.78 is 0. The summed E-state index contributed by atoms with van der Waals surface area (Å²) in [6.07, 6.45) is 5.72. The molecule has 100 valence electrons. The Bertz CT molecular complexity index is 384. The molecular weight excluding hydrogens is 264 g/mol. The molecule has 3 rings (SSSR count). The minimum Gasteiger partial charge on any atom is -0.294 e. The first kappa shape index (κ1) is 12.9. The van der Waals surface area contributed by atoms with Crippen molar-refractivity contribution in [3.05, 3.63) is 16.1 Å². The zero-order valence-corrected chi connectivity index (χ0v) is 12.5. The van der Waals surface area contributed by atoms with Crippen molar-refractivity contribution in [1.82, 2.24) is 9.88 Å². The van der Waals surface area contributed by atoms with Crippen LogP contribution in [0, 0.1) is 11.8 Å². The van der Waals surface area contributed by atoms with Crippen molar-refractivity contribution in [2.75, 3.05) is 13.1 Å². The first-order valence-electron chi connectivity index (χ1n) is 7.00. The first-order valence-corrected chi connectivity index (χ1v) is 8.42. The van der Waals surface area contributed by atoms with E-state index in [1.54, 1.807) is 11.3 Å². The summed E-state index contributed by atoms with van der Waals surface area (Å²) in [7, 11) is 0. The van der Waals surface area contributed by atoms with E-state index in [4.69, 9.17) is 11.6 Å². The van der Waals surface area contributed by atoms with E-state index in [-0.39, 0.29) is 0 Å². The topological polar surface area (TPSA) is 16.1 Å². The van der Waals surface area contributed by atoms with Gasteiger partial charge in [-0.05, 0) is 44.4 Å². The molecule has 1 aromatic rings. The van der Waals surface area contributed by atoms with Gasteiger partial charge in [-0.15, -0.1) is 22.9 Å². The van der Waals surface area contributed by atoms with Gasteiger partial charge in [0.25, 0.3) is 0 Å². The highest BCUT2D eigenvalue weighted by Gasteiger charge is 2.32. The van der Waals surface area contributed by atoms with Crippen LogP contribution in [0.1, 0.15) is 49.4 Å². The molecule has 0 aromatic carbocycles. The minimum absolute atomic E-state index is 0.466. The van der Waals surface area contributed by atoms with Crippen LogP contribution in [0.15, 0.2) is 5.38 Å². The van der Waals surface area contributed by atoms with Gasteiger partial charge in [-0.2, -0.15) is 0 Å². The van der Waals surface area contributed by atoms with Crippen LogP contribution in [-0.4, -0.2) is 23.0 Å². The molecule has 2 saturated carbocycles. The van der Waals surface area contributed by atoms with E-state index >= 15 is 0 Å². The van der Waals surface area contributed by atoms with Gasteiger partial charge in [-0.1, -0.05) is 0 Å². The Balaban J connectivity index is 1.66. The SMILES string of the molecule is CC(c1nc(CCl)cs1)N(CC1CC1)CC1CC1. The fourth-order valence-electron chi connectivity index (χ4n) is 2.39. The number of aromatic nitrogens is 1. The third-order valence-electron chi connectivity index (χ3n) is 3.99. The third kappa shape index (κ3) is 3.25. The monoisotopic (exact) mass is 284 g/mol. The fraction of sp³-hybridized carbons (Fsp3) is 0.786. The van der Waals surface area contributed by atoms with Crippen molar-refractivity contribution in [2.45, 2.75) is 44.5 Å². The Hall–Kier alpha value is -0.120. The van der Waals surface area contributed by atoms with Crippen molar-refractivity contribution >= 4 is 22.9 Å². The standard InChI is InChI=1S/C14H21ClN2S/c1-10(14-16-13(6-15)9-18-14)17(7-11-2-3-11)8-12-4-5-12/h9-12H,2-8H2,1H3. The second-order valence-electron chi connectivity index (χ2n) is 5.83. The molecule has 0 saturated heterocycles. The van der Waals surface area contributed by atoms with E-state index in [9.17, 15) is 0 Å². The van der Waals surface area contributed by atoms with Crippen LogP contribution in [-0.2, 0) is 5.88 Å². The molecule has 0 radical (unpaired) electrons. The zero-order valence-electron chi connectivity index (χ0n) is 10.9. The fourth-order valence-corrected chi connectivity index (χ4v) is 3.52. The van der Waals surface area contributed by atoms with Crippen molar-refractivity contribution in [1.29, 1.82) is 0 Å². The summed E-state index contributed by atoms with van der Waals surface area (Å²) in [5.74, 6) is 2.45. The summed E-state index contributed by atoms with van der Waals surface area (Å²) >= 11 is 7.61. The van der Waals surface area contributed by atoms with Crippen molar-refractivity contribution in [2.24, 2.45) is 11.8 Å². The lowest BCUT2D eigenvalue weighted by Crippen LogP contribution is -2.31. The van der Waals surface area contributed by atoms with Gasteiger partial charge < -0.3 is 0 Å². The molecule has 0 amide bonds. The molecule has 0 bridgehead atoms. The van der Waals surface area contributed by atoms with Crippen molar-refractivity contribution in [3.63, 3.8) is 0 Å². The molecule has 2 aliphatic carbocycles. The maximum absolute atomic E-state index is 5.84. The largest absolute Gasteiger partial charge is 0.294 e. The maximum atomic E-state index is 5.84. The van der Waals surface area contributed by atoms with Crippen LogP contribution in [0.4, 0.5) is 0 Å². The molecule has 2 aliphatic rings. The quantitative estimate of drug-likeness (QED) is 0.702. The highest BCUT2D eigenvalue weighted by atomic mass is 35.5. The highest BCUT2D eigenvalue weighted by molar-refractivity contribution is 7.09. The number of hydrogen-bond donors (Lipinski definition) is 0. The number of nitrogens with zero attached hydrogens (tertiary/aromatic N) is 2. The van der Waals surface area contributed by atoms with Crippen LogP contribution in [0.5, 0.6) is 0 Å². The van der Waals surface area contributed by atoms with Crippen LogP contribution in [0.25, 0.3) is 0 Å². The number of alkyl halides is 1. The molecular formula is C14H21ClN2S. The Morgan fingerprint density at radius 1 is 1.33 bits per heavy atom. The van der Waals surface area contributed by atoms with Gasteiger partial charge in [-0.25, -0.2) is 4.98 Å². The molecule has 2 fully saturated rings. The minimum atomic E-state index is 0.466. The second-order valence-corrected chi connectivity index (χ2v) is 6.98. The Labute approximate surface area is 118 Å².